The molecule has 0 aromatic heterocycles. The highest BCUT2D eigenvalue weighted by Gasteiger charge is 2.07. The van der Waals surface area contributed by atoms with E-state index in [9.17, 15) is 4.79 Å². The first-order valence-corrected chi connectivity index (χ1v) is 7.79. The van der Waals surface area contributed by atoms with Gasteiger partial charge < -0.3 is 28.8 Å². The van der Waals surface area contributed by atoms with Crippen LogP contribution in [0, 0.1) is 0 Å². The quantitative estimate of drug-likeness (QED) is 0.570. The van der Waals surface area contributed by atoms with Gasteiger partial charge in [-0.1, -0.05) is 0 Å². The van der Waals surface area contributed by atoms with Crippen molar-refractivity contribution in [2.24, 2.45) is 0 Å². The summed E-state index contributed by atoms with van der Waals surface area (Å²) in [6.07, 6.45) is 0.00729. The van der Waals surface area contributed by atoms with Crippen LogP contribution < -0.4 is 0 Å². The van der Waals surface area contributed by atoms with Crippen LogP contribution in [-0.2, 0) is 28.5 Å². The number of hydrogen-bond acceptors (Lipinski definition) is 7. The molecule has 23 heavy (non-hydrogen) atoms. The van der Waals surface area contributed by atoms with Gasteiger partial charge in [0.1, 0.15) is 6.61 Å². The maximum Gasteiger partial charge on any atom is 0.302 e. The van der Waals surface area contributed by atoms with Crippen LogP contribution in [0.5, 0.6) is 0 Å². The van der Waals surface area contributed by atoms with Gasteiger partial charge in [-0.15, -0.1) is 0 Å². The Morgan fingerprint density at radius 2 is 1.26 bits per heavy atom. The van der Waals surface area contributed by atoms with Crippen molar-refractivity contribution in [2.45, 2.75) is 59.0 Å². The Morgan fingerprint density at radius 3 is 1.61 bits per heavy atom. The molecule has 7 heteroatoms. The van der Waals surface area contributed by atoms with Gasteiger partial charge in [-0.3, -0.25) is 4.79 Å². The van der Waals surface area contributed by atoms with Crippen LogP contribution in [-0.4, -0.2) is 76.1 Å². The fourth-order valence-electron chi connectivity index (χ4n) is 1.07. The number of carbonyl (C=O) groups is 1. The molecule has 7 nitrogen and oxygen atoms in total. The van der Waals surface area contributed by atoms with Gasteiger partial charge >= 0.3 is 5.97 Å². The molecule has 4 unspecified atom stereocenters. The summed E-state index contributed by atoms with van der Waals surface area (Å²) in [5, 5.41) is 8.55. The lowest BCUT2D eigenvalue weighted by Gasteiger charge is -2.15. The minimum absolute atomic E-state index is 0.0659. The molecule has 0 aliphatic rings. The summed E-state index contributed by atoms with van der Waals surface area (Å²) in [6.45, 7) is 10.3. The molecule has 0 saturated carbocycles. The lowest BCUT2D eigenvalue weighted by molar-refractivity contribution is -0.145. The summed E-state index contributed by atoms with van der Waals surface area (Å²) < 4.78 is 25.2. The highest BCUT2D eigenvalue weighted by Crippen LogP contribution is 1.96. The summed E-state index contributed by atoms with van der Waals surface area (Å²) in [4.78, 5) is 10.4. The zero-order chi connectivity index (χ0) is 18.3. The molecule has 4 atom stereocenters. The summed E-state index contributed by atoms with van der Waals surface area (Å²) in [6, 6.07) is 0. The van der Waals surface area contributed by atoms with Gasteiger partial charge in [0.25, 0.3) is 0 Å². The molecule has 0 rings (SSSR count). The Bertz CT molecular complexity index is 263. The first kappa shape index (κ1) is 24.5. The smallest absolute Gasteiger partial charge is 0.302 e. The van der Waals surface area contributed by atoms with Crippen molar-refractivity contribution in [2.75, 3.05) is 40.6 Å². The van der Waals surface area contributed by atoms with E-state index in [2.05, 4.69) is 0 Å². The van der Waals surface area contributed by atoms with E-state index in [0.29, 0.717) is 19.8 Å². The molecule has 1 N–H and O–H groups in total. The van der Waals surface area contributed by atoms with Crippen LogP contribution in [0.3, 0.4) is 0 Å². The molecule has 0 amide bonds. The molecule has 0 aliphatic carbocycles. The van der Waals surface area contributed by atoms with Crippen LogP contribution in [0.2, 0.25) is 0 Å². The summed E-state index contributed by atoms with van der Waals surface area (Å²) in [5.41, 5.74) is 0. The molecule has 140 valence electrons. The van der Waals surface area contributed by atoms with E-state index in [1.165, 1.54) is 6.92 Å². The van der Waals surface area contributed by atoms with Gasteiger partial charge in [-0.05, 0) is 27.7 Å². The van der Waals surface area contributed by atoms with E-state index >= 15 is 0 Å². The third-order valence-electron chi connectivity index (χ3n) is 2.81. The molecule has 0 spiro atoms. The zero-order valence-electron chi connectivity index (χ0n) is 15.5. The van der Waals surface area contributed by atoms with Crippen LogP contribution in [0.15, 0.2) is 0 Å². The van der Waals surface area contributed by atoms with Crippen molar-refractivity contribution >= 4 is 5.97 Å². The molecule has 0 aromatic carbocycles. The van der Waals surface area contributed by atoms with Crippen molar-refractivity contribution in [1.29, 1.82) is 0 Å². The van der Waals surface area contributed by atoms with Crippen LogP contribution >= 0.6 is 0 Å². The lowest BCUT2D eigenvalue weighted by Crippen LogP contribution is -2.23. The normalized spacial score (nSPS) is 15.8. The first-order valence-electron chi connectivity index (χ1n) is 7.79. The summed E-state index contributed by atoms with van der Waals surface area (Å²) >= 11 is 0. The Morgan fingerprint density at radius 1 is 0.826 bits per heavy atom. The largest absolute Gasteiger partial charge is 0.463 e. The topological polar surface area (TPSA) is 83.5 Å². The Labute approximate surface area is 140 Å². The highest BCUT2D eigenvalue weighted by atomic mass is 16.6. The molecule has 0 heterocycles. The molecule has 0 aromatic rings. The lowest BCUT2D eigenvalue weighted by atomic mass is 10.4. The zero-order valence-corrected chi connectivity index (χ0v) is 15.5. The molecular formula is C16H34O7. The number of hydrogen-bond donors (Lipinski definition) is 1. The van der Waals surface area contributed by atoms with Crippen molar-refractivity contribution in [1.82, 2.24) is 0 Å². The molecule has 0 saturated heterocycles. The number of rotatable bonds is 11. The molecule has 0 radical (unpaired) electrons. The Balaban J connectivity index is 0. The highest BCUT2D eigenvalue weighted by molar-refractivity contribution is 5.65. The van der Waals surface area contributed by atoms with E-state index in [1.807, 2.05) is 27.7 Å². The second kappa shape index (κ2) is 16.1. The molecule has 0 fully saturated rings. The van der Waals surface area contributed by atoms with Crippen LogP contribution in [0.4, 0.5) is 0 Å². The van der Waals surface area contributed by atoms with E-state index in [1.54, 1.807) is 14.2 Å². The average molecular weight is 338 g/mol. The maximum atomic E-state index is 10.4. The van der Waals surface area contributed by atoms with Crippen molar-refractivity contribution in [3.05, 3.63) is 0 Å². The molecular weight excluding hydrogens is 304 g/mol. The predicted octanol–water partition coefficient (Wildman–Crippen LogP) is 1.41. The SMILES string of the molecule is COC(C)COC(C)CO.COC(C)COC(C)COC(C)=O. The number of aliphatic hydroxyl groups excluding tert-OH is 1. The van der Waals surface area contributed by atoms with Crippen molar-refractivity contribution in [3.8, 4) is 0 Å². The molecule has 0 aliphatic heterocycles. The first-order chi connectivity index (χ1) is 10.8. The van der Waals surface area contributed by atoms with Crippen molar-refractivity contribution < 1.29 is 33.6 Å². The maximum absolute atomic E-state index is 10.4. The fourth-order valence-corrected chi connectivity index (χ4v) is 1.07. The number of esters is 1. The van der Waals surface area contributed by atoms with Crippen LogP contribution in [0.25, 0.3) is 0 Å². The molecule has 0 bridgehead atoms. The fraction of sp³-hybridized carbons (Fsp3) is 0.938. The Kier molecular flexibility index (Phi) is 17.2. The second-order valence-electron chi connectivity index (χ2n) is 5.37. The third kappa shape index (κ3) is 19.2. The minimum Gasteiger partial charge on any atom is -0.463 e. The van der Waals surface area contributed by atoms with Crippen molar-refractivity contribution in [3.63, 3.8) is 0 Å². The summed E-state index contributed by atoms with van der Waals surface area (Å²) in [5.74, 6) is -0.282. The monoisotopic (exact) mass is 338 g/mol. The summed E-state index contributed by atoms with van der Waals surface area (Å²) in [7, 11) is 3.27. The van der Waals surface area contributed by atoms with E-state index < -0.39 is 0 Å². The van der Waals surface area contributed by atoms with Gasteiger partial charge in [0, 0.05) is 21.1 Å². The predicted molar refractivity (Wildman–Crippen MR) is 87.5 cm³/mol. The number of ether oxygens (including phenoxy) is 5. The van der Waals surface area contributed by atoms with Gasteiger partial charge in [0.05, 0.1) is 44.2 Å². The van der Waals surface area contributed by atoms with Gasteiger partial charge in [0.2, 0.25) is 0 Å². The standard InChI is InChI=1S/C9H18O4.C7H16O3/c1-7(11-4)5-12-8(2)6-13-9(3)10;1-6(4-8)10-5-7(2)9-3/h7-8H,5-6H2,1-4H3;6-8H,4-5H2,1-3H3. The number of carbonyl (C=O) groups excluding carboxylic acids is 1. The van der Waals surface area contributed by atoms with E-state index in [4.69, 9.17) is 28.8 Å². The third-order valence-corrected chi connectivity index (χ3v) is 2.81. The van der Waals surface area contributed by atoms with Gasteiger partial charge in [-0.25, -0.2) is 0 Å². The van der Waals surface area contributed by atoms with E-state index in [0.717, 1.165) is 0 Å². The minimum atomic E-state index is -0.282. The number of methoxy groups -OCH3 is 2. The number of aliphatic hydroxyl groups is 1. The van der Waals surface area contributed by atoms with Gasteiger partial charge in [-0.2, -0.15) is 0 Å². The second-order valence-corrected chi connectivity index (χ2v) is 5.37. The van der Waals surface area contributed by atoms with Crippen LogP contribution in [0.1, 0.15) is 34.6 Å². The van der Waals surface area contributed by atoms with Gasteiger partial charge in [0.15, 0.2) is 0 Å². The van der Waals surface area contributed by atoms with E-state index in [-0.39, 0.29) is 37.0 Å². The Hall–Kier alpha value is -0.730. The average Bonchev–Trinajstić information content (AvgIpc) is 2.55.